The molecule has 1 aliphatic rings. The first-order valence-electron chi connectivity index (χ1n) is 38.1. The van der Waals surface area contributed by atoms with Crippen LogP contribution in [0.25, 0.3) is 32.3 Å². The molecule has 1 radical (unpaired) electrons. The molecule has 0 fully saturated rings. The van der Waals surface area contributed by atoms with Gasteiger partial charge in [-0.25, -0.2) is 66.9 Å². The summed E-state index contributed by atoms with van der Waals surface area (Å²) >= 11 is 0. The average molecular weight is 2020 g/mol. The third-order valence-corrected chi connectivity index (χ3v) is 25.8. The zero-order valence-electron chi connectivity index (χ0n) is 67.5. The minimum Gasteiger partial charge on any atom is -0.483 e. The van der Waals surface area contributed by atoms with Crippen LogP contribution in [0.5, 0.6) is 23.0 Å². The topological polar surface area (TPSA) is 722 Å². The number of carbonyl (C=O) groups excluding carboxylic acids is 5. The standard InChI is InChI=1S/C79H93N9O35S4.Tb/c89-33-76(34-90,35-91)85-64(101)25-81-124(112,113)55-15-46-11-48-17-56(125(114,115)82-26-65(102)86-77(36-92,37-93)38-94)19-50(73(48)121-30-69(106)107)13-52-21-58(127(118,119)84-28-67(104)88-79(42-98,43-99)44-100)22-53(75(52)123-32-71(110)111)14-51-20-57(126(116,117)83-27-66(103)87-78(39-95,40-96)41-97)18-49(74(51)122-31-70(108)109)12-47(16-55)72(46)120-29-68(105)80-24-54-23-63-59-6-2-1-5-45(59)9-10-62(63)61-8-4-3-7-60(54)61;/h1-10,15-23,81-84,89-100H,11-14,24-44H2,(H,80,105)(H,85,101)(H,86,102)(H,87,103)(H,88,104)(H,106,107)(H,108,109)(H,110,111);. The summed E-state index contributed by atoms with van der Waals surface area (Å²) in [4.78, 5) is 104. The molecule has 1 aliphatic carbocycles. The van der Waals surface area contributed by atoms with Crippen LogP contribution in [-0.2, 0) is 111 Å². The van der Waals surface area contributed by atoms with E-state index in [0.717, 1.165) is 63.3 Å². The van der Waals surface area contributed by atoms with Crippen molar-refractivity contribution in [3.8, 4) is 23.0 Å². The number of nitrogens with one attached hydrogen (secondary N) is 9. The zero-order valence-corrected chi connectivity index (χ0v) is 72.9. The Kier molecular flexibility index (Phi) is 35.9. The molecule has 9 rings (SSSR count). The number of benzene rings is 8. The molecular weight excluding hydrogens is 1920 g/mol. The number of carboxylic acids is 3. The Labute approximate surface area is 760 Å². The number of carboxylic acid groups (broad SMARTS) is 3. The maximum Gasteiger partial charge on any atom is 0.341 e. The Hall–Kier alpha value is -10.1. The second kappa shape index (κ2) is 44.5. The van der Waals surface area contributed by atoms with Crippen molar-refractivity contribution in [1.29, 1.82) is 0 Å². The van der Waals surface area contributed by atoms with Crippen molar-refractivity contribution in [2.24, 2.45) is 0 Å². The predicted molar refractivity (Wildman–Crippen MR) is 442 cm³/mol. The smallest absolute Gasteiger partial charge is 0.341 e. The van der Waals surface area contributed by atoms with Gasteiger partial charge < -0.3 is 122 Å². The summed E-state index contributed by atoms with van der Waals surface area (Å²) < 4.78 is 154. The molecule has 0 aliphatic heterocycles. The Morgan fingerprint density at radius 1 is 0.297 bits per heavy atom. The summed E-state index contributed by atoms with van der Waals surface area (Å²) in [5.74, 6) is -14.6. The van der Waals surface area contributed by atoms with Crippen LogP contribution < -0.4 is 64.4 Å². The molecule has 44 nitrogen and oxygen atoms in total. The fourth-order valence-electron chi connectivity index (χ4n) is 13.4. The van der Waals surface area contributed by atoms with Gasteiger partial charge in [0.2, 0.25) is 63.7 Å². The van der Waals surface area contributed by atoms with E-state index in [2.05, 4.69) is 26.6 Å². The van der Waals surface area contributed by atoms with Crippen molar-refractivity contribution in [2.45, 2.75) is 74.0 Å². The van der Waals surface area contributed by atoms with Gasteiger partial charge >= 0.3 is 17.9 Å². The van der Waals surface area contributed by atoms with Gasteiger partial charge in [0, 0.05) is 115 Å². The summed E-state index contributed by atoms with van der Waals surface area (Å²) in [6, 6.07) is 26.3. The van der Waals surface area contributed by atoms with E-state index < -0.39 is 354 Å². The van der Waals surface area contributed by atoms with Gasteiger partial charge in [0.25, 0.3) is 5.91 Å². The number of amides is 5. The number of hydrogen-bond donors (Lipinski definition) is 24. The summed E-state index contributed by atoms with van der Waals surface area (Å²) in [5.41, 5.74) is -13.2. The van der Waals surface area contributed by atoms with Crippen molar-refractivity contribution in [3.63, 3.8) is 0 Å². The fourth-order valence-corrected chi connectivity index (χ4v) is 17.7. The Bertz CT molecular complexity index is 5750. The molecule has 0 atom stereocenters. The SMILES string of the molecule is O=C(O)COc1c2cc(S(=O)(=O)NCC(=O)NC(CO)(CO)CO)cc1Cc1cc(S(=O)(=O)NCC(=O)NC(CO)(CO)CO)cc(c1OCC(=O)O)Cc1cc(S(=O)(=O)NCC(=O)NC(CO)(CO)CO)cc(c1OCC(=O)NCc1cc3c4ccccc4ccc3c3ccccc13)Cc1cc(S(=O)(=O)NCC(=O)NC(CO)(CO)CO)cc(c1OCC(=O)O)C2.[Tb]. The number of rotatable bonds is 46. The number of hydrogen-bond acceptors (Lipinski definition) is 32. The van der Waals surface area contributed by atoms with Crippen LogP contribution in [0.3, 0.4) is 0 Å². The number of fused-ring (bicyclic) bond motifs is 13. The van der Waals surface area contributed by atoms with Gasteiger partial charge in [0.15, 0.2) is 26.4 Å². The molecular formula is C79H93N9O35S4Tb. The van der Waals surface area contributed by atoms with Crippen LogP contribution in [0.2, 0.25) is 0 Å². The molecule has 0 aromatic heterocycles. The van der Waals surface area contributed by atoms with Crippen molar-refractivity contribution in [2.75, 3.05) is 132 Å². The van der Waals surface area contributed by atoms with Gasteiger partial charge in [-0.1, -0.05) is 60.7 Å². The molecule has 0 saturated heterocycles. The molecule has 128 heavy (non-hydrogen) atoms. The molecule has 0 spiro atoms. The van der Waals surface area contributed by atoms with Crippen molar-refractivity contribution < 1.29 is 206 Å². The van der Waals surface area contributed by atoms with Crippen LogP contribution >= 0.6 is 0 Å². The fraction of sp³-hybridized carbons (Fsp3) is 0.367. The van der Waals surface area contributed by atoms with Crippen LogP contribution in [0.15, 0.2) is 135 Å². The van der Waals surface area contributed by atoms with E-state index in [-0.39, 0.29) is 45.2 Å². The molecule has 8 aromatic rings. The van der Waals surface area contributed by atoms with Gasteiger partial charge in [-0.05, 0) is 92.5 Å². The van der Waals surface area contributed by atoms with E-state index in [1.54, 1.807) is 18.2 Å². The molecule has 24 N–H and O–H groups in total. The molecule has 0 unspecified atom stereocenters. The molecule has 49 heteroatoms. The second-order valence-corrected chi connectivity index (χ2v) is 36.6. The number of aliphatic hydroxyl groups is 12. The Morgan fingerprint density at radius 2 is 0.539 bits per heavy atom. The van der Waals surface area contributed by atoms with Crippen LogP contribution in [0, 0.1) is 38.6 Å². The van der Waals surface area contributed by atoms with Crippen molar-refractivity contribution in [1.82, 2.24) is 45.5 Å². The minimum absolute atomic E-state index is 0. The van der Waals surface area contributed by atoms with E-state index >= 15 is 33.7 Å². The molecule has 5 amide bonds. The summed E-state index contributed by atoms with van der Waals surface area (Å²) in [6.45, 7) is -24.3. The van der Waals surface area contributed by atoms with Crippen LogP contribution in [0.1, 0.15) is 50.1 Å². The number of carbonyl (C=O) groups is 8. The van der Waals surface area contributed by atoms with Gasteiger partial charge in [-0.3, -0.25) is 24.0 Å². The third-order valence-electron chi connectivity index (χ3n) is 20.3. The second-order valence-electron chi connectivity index (χ2n) is 29.6. The molecule has 8 bridgehead atoms. The van der Waals surface area contributed by atoms with Gasteiger partial charge in [0.1, 0.15) is 45.2 Å². The number of ether oxygens (including phenoxy) is 4. The van der Waals surface area contributed by atoms with Gasteiger partial charge in [-0.15, -0.1) is 0 Å². The molecule has 8 aromatic carbocycles. The molecule has 697 valence electrons. The first kappa shape index (κ1) is 103. The van der Waals surface area contributed by atoms with Gasteiger partial charge in [-0.2, -0.15) is 0 Å². The summed E-state index contributed by atoms with van der Waals surface area (Å²) in [7, 11) is -21.5. The predicted octanol–water partition coefficient (Wildman–Crippen LogP) is -6.65. The average Bonchev–Trinajstić information content (AvgIpc) is 0.755. The Morgan fingerprint density at radius 3 is 0.805 bits per heavy atom. The number of aliphatic carboxylic acids is 3. The first-order chi connectivity index (χ1) is 60.1. The third kappa shape index (κ3) is 25.3. The maximum atomic E-state index is 15.3. The quantitative estimate of drug-likeness (QED) is 0.0158. The summed E-state index contributed by atoms with van der Waals surface area (Å²) in [6.07, 6.45) is -4.53. The maximum absolute atomic E-state index is 15.3. The van der Waals surface area contributed by atoms with Crippen molar-refractivity contribution >= 4 is 120 Å². The van der Waals surface area contributed by atoms with E-state index in [0.29, 0.717) is 23.1 Å². The van der Waals surface area contributed by atoms with Crippen LogP contribution in [0.4, 0.5) is 0 Å². The monoisotopic (exact) mass is 2010 g/mol. The number of aliphatic hydroxyl groups excluding tert-OH is 12. The largest absolute Gasteiger partial charge is 0.483 e. The first-order valence-corrected chi connectivity index (χ1v) is 44.0. The van der Waals surface area contributed by atoms with E-state index in [1.165, 1.54) is 0 Å². The van der Waals surface area contributed by atoms with Crippen LogP contribution in [-0.4, -0.2) is 312 Å². The summed E-state index contributed by atoms with van der Waals surface area (Å²) in [5, 5.41) is 168. The van der Waals surface area contributed by atoms with E-state index in [1.807, 2.05) is 67.4 Å². The zero-order chi connectivity index (χ0) is 93.2. The minimum atomic E-state index is -5.39. The van der Waals surface area contributed by atoms with Crippen molar-refractivity contribution in [3.05, 3.63) is 165 Å². The van der Waals surface area contributed by atoms with E-state index in [4.69, 9.17) is 18.9 Å². The molecule has 0 saturated carbocycles. The van der Waals surface area contributed by atoms with Gasteiger partial charge in [0.05, 0.1) is 125 Å². The van der Waals surface area contributed by atoms with E-state index in [9.17, 15) is 115 Å². The Balaban J connectivity index is 0.0000202. The number of sulfonamides is 4. The normalized spacial score (nSPS) is 12.8. The molecule has 0 heterocycles.